The number of ether oxygens (including phenoxy) is 5. The summed E-state index contributed by atoms with van der Waals surface area (Å²) in [6.07, 6.45) is 9.66. The Morgan fingerprint density at radius 1 is 0.712 bits per heavy atom. The minimum Gasteiger partial charge on any atom is -0.459 e. The zero-order valence-electron chi connectivity index (χ0n) is 37.4. The number of aromatic nitrogens is 1. The Hall–Kier alpha value is -6.67. The molecule has 2 aliphatic carbocycles. The maximum Gasteiger partial charge on any atom is 0.338 e. The molecular formula is C52H55N3O10S. The minimum absolute atomic E-state index is 0.165. The molecule has 0 spiro atoms. The Balaban J connectivity index is 1.02. The van der Waals surface area contributed by atoms with Crippen LogP contribution in [0.2, 0.25) is 0 Å². The zero-order valence-corrected chi connectivity index (χ0v) is 38.2. The van der Waals surface area contributed by atoms with Crippen molar-refractivity contribution in [2.75, 3.05) is 11.7 Å². The lowest BCUT2D eigenvalue weighted by Gasteiger charge is -2.27. The number of benzene rings is 4. The number of rotatable bonds is 18. The van der Waals surface area contributed by atoms with Crippen LogP contribution in [-0.4, -0.2) is 60.0 Å². The van der Waals surface area contributed by atoms with Crippen LogP contribution < -0.4 is 14.5 Å². The second kappa shape index (κ2) is 23.0. The van der Waals surface area contributed by atoms with Gasteiger partial charge in [-0.25, -0.2) is 24.4 Å². The monoisotopic (exact) mass is 913 g/mol. The van der Waals surface area contributed by atoms with Crippen LogP contribution in [0.1, 0.15) is 115 Å². The third-order valence-electron chi connectivity index (χ3n) is 11.8. The molecule has 0 aliphatic heterocycles. The Labute approximate surface area is 388 Å². The number of carbonyl (C=O) groups is 5. The second-order valence-corrected chi connectivity index (χ2v) is 17.6. The van der Waals surface area contributed by atoms with E-state index in [0.29, 0.717) is 73.2 Å². The summed E-state index contributed by atoms with van der Waals surface area (Å²) in [4.78, 5) is 69.8. The summed E-state index contributed by atoms with van der Waals surface area (Å²) in [7, 11) is 0. The van der Waals surface area contributed by atoms with Gasteiger partial charge >= 0.3 is 29.8 Å². The molecule has 13 nitrogen and oxygen atoms in total. The lowest BCUT2D eigenvalue weighted by atomic mass is 9.87. The van der Waals surface area contributed by atoms with Crippen LogP contribution in [0.4, 0.5) is 5.13 Å². The third-order valence-corrected chi connectivity index (χ3v) is 12.8. The van der Waals surface area contributed by atoms with Gasteiger partial charge in [0, 0.05) is 11.6 Å². The van der Waals surface area contributed by atoms with Gasteiger partial charge in [-0.15, -0.1) is 0 Å². The van der Waals surface area contributed by atoms with E-state index >= 15 is 0 Å². The second-order valence-electron chi connectivity index (χ2n) is 16.6. The number of para-hydroxylation sites is 1. The Morgan fingerprint density at radius 2 is 1.26 bits per heavy atom. The fourth-order valence-corrected chi connectivity index (χ4v) is 8.97. The maximum atomic E-state index is 13.7. The van der Waals surface area contributed by atoms with Crippen LogP contribution in [0, 0.1) is 11.8 Å². The molecule has 0 unspecified atom stereocenters. The molecule has 0 radical (unpaired) electrons. The van der Waals surface area contributed by atoms with Crippen LogP contribution in [0.15, 0.2) is 109 Å². The molecule has 5 aromatic rings. The highest BCUT2D eigenvalue weighted by Crippen LogP contribution is 2.33. The van der Waals surface area contributed by atoms with Crippen LogP contribution in [0.3, 0.4) is 0 Å². The average Bonchev–Trinajstić information content (AvgIpc) is 3.77. The van der Waals surface area contributed by atoms with Gasteiger partial charge in [-0.1, -0.05) is 81.0 Å². The maximum absolute atomic E-state index is 13.7. The summed E-state index contributed by atoms with van der Waals surface area (Å²) < 4.78 is 29.8. The van der Waals surface area contributed by atoms with E-state index in [2.05, 4.69) is 30.5 Å². The molecule has 1 heterocycles. The summed E-state index contributed by atoms with van der Waals surface area (Å²) in [5.74, 6) is -2.81. The van der Waals surface area contributed by atoms with Gasteiger partial charge in [0.15, 0.2) is 6.73 Å². The van der Waals surface area contributed by atoms with E-state index < -0.39 is 29.7 Å². The molecule has 14 heteroatoms. The number of nitrogens with zero attached hydrogens (tertiary/aromatic N) is 3. The van der Waals surface area contributed by atoms with Gasteiger partial charge < -0.3 is 23.7 Å². The summed E-state index contributed by atoms with van der Waals surface area (Å²) in [5.41, 5.74) is 4.36. The fourth-order valence-electron chi connectivity index (χ4n) is 8.06. The first-order chi connectivity index (χ1) is 32.1. The van der Waals surface area contributed by atoms with Gasteiger partial charge in [0.05, 0.1) is 39.4 Å². The van der Waals surface area contributed by atoms with Crippen LogP contribution in [0.5, 0.6) is 11.5 Å². The summed E-state index contributed by atoms with van der Waals surface area (Å²) in [5, 5.41) is 6.45. The van der Waals surface area contributed by atoms with Gasteiger partial charge in [-0.3, -0.25) is 9.59 Å². The fraction of sp³-hybridized carbons (Fsp3) is 0.365. The predicted molar refractivity (Wildman–Crippen MR) is 252 cm³/mol. The Morgan fingerprint density at radius 3 is 1.79 bits per heavy atom. The number of aryl methyl sites for hydroxylation is 2. The molecule has 2 aliphatic rings. The quantitative estimate of drug-likeness (QED) is 0.0156. The number of thiazole rings is 1. The van der Waals surface area contributed by atoms with Gasteiger partial charge in [-0.2, -0.15) is 5.10 Å². The van der Waals surface area contributed by atoms with Crippen molar-refractivity contribution in [3.8, 4) is 11.5 Å². The first-order valence-electron chi connectivity index (χ1n) is 22.7. The van der Waals surface area contributed by atoms with Crippen molar-refractivity contribution in [1.29, 1.82) is 0 Å². The first kappa shape index (κ1) is 47.3. The summed E-state index contributed by atoms with van der Waals surface area (Å²) in [6, 6.07) is 27.1. The molecule has 0 atom stereocenters. The Bertz CT molecular complexity index is 2490. The van der Waals surface area contributed by atoms with Crippen molar-refractivity contribution in [3.05, 3.63) is 131 Å². The highest BCUT2D eigenvalue weighted by atomic mass is 32.1. The normalized spacial score (nSPS) is 18.3. The number of anilines is 1. The molecule has 344 valence electrons. The van der Waals surface area contributed by atoms with E-state index in [1.54, 1.807) is 42.5 Å². The molecule has 0 amide bonds. The van der Waals surface area contributed by atoms with Crippen molar-refractivity contribution < 1.29 is 47.7 Å². The van der Waals surface area contributed by atoms with E-state index in [1.807, 2.05) is 48.5 Å². The third kappa shape index (κ3) is 12.8. The molecule has 0 saturated heterocycles. The predicted octanol–water partition coefficient (Wildman–Crippen LogP) is 10.4. The molecule has 7 rings (SSSR count). The highest BCUT2D eigenvalue weighted by molar-refractivity contribution is 7.22. The SMILES string of the molecule is C=CC(=O)OCN(/N=C/c1cc(OC(=O)C2CCC(OC(=O)c3ccc(CCC)cc3)CC2)ccc1OC(=O)C1CCC(OC(=O)c2ccc(CCC)cc2)CC1)c1nc2ccccc2s1. The largest absolute Gasteiger partial charge is 0.459 e. The number of hydrazone groups is 1. The van der Waals surface area contributed by atoms with Crippen molar-refractivity contribution >= 4 is 62.7 Å². The molecule has 2 saturated carbocycles. The molecule has 1 aromatic heterocycles. The van der Waals surface area contributed by atoms with E-state index in [-0.39, 0.29) is 42.4 Å². The molecule has 66 heavy (non-hydrogen) atoms. The average molecular weight is 914 g/mol. The van der Waals surface area contributed by atoms with Crippen molar-refractivity contribution in [3.63, 3.8) is 0 Å². The van der Waals surface area contributed by atoms with E-state index in [0.717, 1.165) is 47.5 Å². The van der Waals surface area contributed by atoms with Gasteiger partial charge in [0.2, 0.25) is 5.13 Å². The zero-order chi connectivity index (χ0) is 46.4. The number of esters is 5. The lowest BCUT2D eigenvalue weighted by molar-refractivity contribution is -0.141. The van der Waals surface area contributed by atoms with Crippen LogP contribution in [-0.2, 0) is 41.4 Å². The number of hydrogen-bond acceptors (Lipinski definition) is 14. The van der Waals surface area contributed by atoms with Crippen molar-refractivity contribution in [2.24, 2.45) is 16.9 Å². The van der Waals surface area contributed by atoms with E-state index in [1.165, 1.54) is 28.1 Å². The summed E-state index contributed by atoms with van der Waals surface area (Å²) >= 11 is 1.34. The van der Waals surface area contributed by atoms with Gasteiger partial charge in [0.1, 0.15) is 23.7 Å². The molecule has 0 bridgehead atoms. The van der Waals surface area contributed by atoms with Crippen molar-refractivity contribution in [1.82, 2.24) is 4.98 Å². The smallest absolute Gasteiger partial charge is 0.338 e. The number of fused-ring (bicyclic) bond motifs is 1. The Kier molecular flexibility index (Phi) is 16.5. The first-order valence-corrected chi connectivity index (χ1v) is 23.5. The van der Waals surface area contributed by atoms with E-state index in [9.17, 15) is 24.0 Å². The van der Waals surface area contributed by atoms with Gasteiger partial charge in [0.25, 0.3) is 0 Å². The standard InChI is InChI=1S/C52H55N3O10S/c1-4-9-34-13-17-36(18-14-34)48(57)62-41-25-21-38(22-26-41)50(59)64-43-29-30-45(40(31-43)32-53-55(33-61-47(56)6-3)52-54-44-11-7-8-12-46(44)66-52)65-51(60)39-23-27-42(28-24-39)63-49(58)37-19-15-35(10-5-2)16-20-37/h6-8,11-20,29-32,38-39,41-42H,3-5,9-10,21-28,33H2,1-2H3/b53-32+. The topological polar surface area (TPSA) is 160 Å². The van der Waals surface area contributed by atoms with Crippen LogP contribution in [0.25, 0.3) is 10.2 Å². The molecule has 4 aromatic carbocycles. The van der Waals surface area contributed by atoms with Gasteiger partial charge in [-0.05, 0) is 130 Å². The molecular weight excluding hydrogens is 859 g/mol. The molecule has 2 fully saturated rings. The number of hydrogen-bond donors (Lipinski definition) is 0. The van der Waals surface area contributed by atoms with Crippen LogP contribution >= 0.6 is 11.3 Å². The van der Waals surface area contributed by atoms with Crippen molar-refractivity contribution in [2.45, 2.75) is 103 Å². The molecule has 0 N–H and O–H groups in total. The number of carbonyl (C=O) groups excluding carboxylic acids is 5. The van der Waals surface area contributed by atoms with E-state index in [4.69, 9.17) is 23.7 Å². The minimum atomic E-state index is -0.658. The summed E-state index contributed by atoms with van der Waals surface area (Å²) in [6.45, 7) is 7.39. The highest BCUT2D eigenvalue weighted by Gasteiger charge is 2.32. The lowest BCUT2D eigenvalue weighted by Crippen LogP contribution is -2.30.